The summed E-state index contributed by atoms with van der Waals surface area (Å²) in [7, 11) is 0. The summed E-state index contributed by atoms with van der Waals surface area (Å²) >= 11 is 3.51. The van der Waals surface area contributed by atoms with E-state index in [1.165, 1.54) is 22.9 Å². The van der Waals surface area contributed by atoms with Gasteiger partial charge in [0.2, 0.25) is 0 Å². The second-order valence-corrected chi connectivity index (χ2v) is 5.18. The van der Waals surface area contributed by atoms with Gasteiger partial charge in [-0.3, -0.25) is 0 Å². The molecule has 0 bridgehead atoms. The molecule has 14 heavy (non-hydrogen) atoms. The zero-order valence-corrected chi connectivity index (χ0v) is 10.00. The van der Waals surface area contributed by atoms with Crippen molar-refractivity contribution in [3.8, 4) is 0 Å². The summed E-state index contributed by atoms with van der Waals surface area (Å²) in [5.41, 5.74) is 7.46. The van der Waals surface area contributed by atoms with E-state index >= 15 is 0 Å². The zero-order valence-electron chi connectivity index (χ0n) is 8.41. The summed E-state index contributed by atoms with van der Waals surface area (Å²) in [4.78, 5) is 0. The van der Waals surface area contributed by atoms with Crippen molar-refractivity contribution in [2.45, 2.75) is 31.7 Å². The fourth-order valence-corrected chi connectivity index (χ4v) is 2.82. The normalized spacial score (nSPS) is 32.1. The quantitative estimate of drug-likeness (QED) is 0.817. The number of benzene rings is 1. The summed E-state index contributed by atoms with van der Waals surface area (Å²) in [6.45, 7) is 2.27. The minimum atomic E-state index is 0.388. The maximum absolute atomic E-state index is 6.03. The van der Waals surface area contributed by atoms with Crippen LogP contribution in [0.5, 0.6) is 0 Å². The van der Waals surface area contributed by atoms with Crippen molar-refractivity contribution in [3.63, 3.8) is 0 Å². The molecule has 0 radical (unpaired) electrons. The highest BCUT2D eigenvalue weighted by Gasteiger charge is 2.31. The maximum Gasteiger partial charge on any atom is 0.0178 e. The molecule has 1 nitrogen and oxygen atoms in total. The van der Waals surface area contributed by atoms with E-state index in [0.717, 1.165) is 0 Å². The highest BCUT2D eigenvalue weighted by molar-refractivity contribution is 9.10. The lowest BCUT2D eigenvalue weighted by Crippen LogP contribution is -2.24. The third-order valence-corrected chi connectivity index (χ3v) is 3.89. The maximum atomic E-state index is 6.03. The predicted octanol–water partition coefficient (Wildman–Crippen LogP) is 3.29. The molecule has 1 aliphatic rings. The molecule has 2 heteroatoms. The molecular weight excluding hydrogens is 238 g/mol. The van der Waals surface area contributed by atoms with Gasteiger partial charge in [0.15, 0.2) is 0 Å². The third-order valence-electron chi connectivity index (χ3n) is 3.40. The van der Waals surface area contributed by atoms with Gasteiger partial charge in [-0.25, -0.2) is 0 Å². The molecule has 0 saturated heterocycles. The molecule has 3 atom stereocenters. The van der Waals surface area contributed by atoms with Crippen molar-refractivity contribution in [2.24, 2.45) is 11.7 Å². The molecule has 1 fully saturated rings. The van der Waals surface area contributed by atoms with E-state index in [1.54, 1.807) is 0 Å². The molecule has 76 valence electrons. The van der Waals surface area contributed by atoms with E-state index in [9.17, 15) is 0 Å². The Morgan fingerprint density at radius 1 is 1.36 bits per heavy atom. The highest BCUT2D eigenvalue weighted by atomic mass is 79.9. The molecule has 2 N–H and O–H groups in total. The first-order chi connectivity index (χ1) is 6.68. The fraction of sp³-hybridized carbons (Fsp3) is 0.500. The van der Waals surface area contributed by atoms with Crippen molar-refractivity contribution < 1.29 is 0 Å². The van der Waals surface area contributed by atoms with Crippen molar-refractivity contribution >= 4 is 15.9 Å². The van der Waals surface area contributed by atoms with Gasteiger partial charge >= 0.3 is 0 Å². The third kappa shape index (κ3) is 1.86. The van der Waals surface area contributed by atoms with Gasteiger partial charge in [0.25, 0.3) is 0 Å². The van der Waals surface area contributed by atoms with Gasteiger partial charge in [-0.1, -0.05) is 35.0 Å². The molecule has 0 heterocycles. The SMILES string of the molecule is CC1C(N)CCC1c1cccc(Br)c1. The van der Waals surface area contributed by atoms with Gasteiger partial charge in [-0.05, 0) is 42.4 Å². The Hall–Kier alpha value is -0.340. The Labute approximate surface area is 93.8 Å². The first kappa shape index (κ1) is 10.2. The van der Waals surface area contributed by atoms with E-state index in [1.807, 2.05) is 0 Å². The summed E-state index contributed by atoms with van der Waals surface area (Å²) < 4.78 is 1.17. The van der Waals surface area contributed by atoms with Crippen LogP contribution in [0, 0.1) is 5.92 Å². The number of hydrogen-bond donors (Lipinski definition) is 1. The van der Waals surface area contributed by atoms with E-state index in [4.69, 9.17) is 5.73 Å². The topological polar surface area (TPSA) is 26.0 Å². The minimum absolute atomic E-state index is 0.388. The lowest BCUT2D eigenvalue weighted by molar-refractivity contribution is 0.479. The molecule has 1 aliphatic carbocycles. The number of hydrogen-bond acceptors (Lipinski definition) is 1. The second kappa shape index (κ2) is 4.03. The molecule has 2 rings (SSSR count). The molecule has 0 aliphatic heterocycles. The lowest BCUT2D eigenvalue weighted by Gasteiger charge is -2.18. The van der Waals surface area contributed by atoms with Crippen LogP contribution in [-0.4, -0.2) is 6.04 Å². The van der Waals surface area contributed by atoms with E-state index in [2.05, 4.69) is 47.1 Å². The van der Waals surface area contributed by atoms with Crippen LogP contribution in [-0.2, 0) is 0 Å². The summed E-state index contributed by atoms with van der Waals surface area (Å²) in [6.07, 6.45) is 2.40. The first-order valence-electron chi connectivity index (χ1n) is 5.19. The molecular formula is C12H16BrN. The smallest absolute Gasteiger partial charge is 0.0178 e. The van der Waals surface area contributed by atoms with Crippen LogP contribution in [0.4, 0.5) is 0 Å². The van der Waals surface area contributed by atoms with Crippen molar-refractivity contribution in [3.05, 3.63) is 34.3 Å². The second-order valence-electron chi connectivity index (χ2n) is 4.26. The predicted molar refractivity (Wildman–Crippen MR) is 63.3 cm³/mol. The van der Waals surface area contributed by atoms with Crippen LogP contribution in [0.25, 0.3) is 0 Å². The molecule has 3 unspecified atom stereocenters. The van der Waals surface area contributed by atoms with Gasteiger partial charge in [-0.2, -0.15) is 0 Å². The number of halogens is 1. The van der Waals surface area contributed by atoms with Crippen LogP contribution in [0.3, 0.4) is 0 Å². The van der Waals surface area contributed by atoms with Gasteiger partial charge in [-0.15, -0.1) is 0 Å². The largest absolute Gasteiger partial charge is 0.327 e. The van der Waals surface area contributed by atoms with E-state index in [-0.39, 0.29) is 0 Å². The monoisotopic (exact) mass is 253 g/mol. The van der Waals surface area contributed by atoms with E-state index in [0.29, 0.717) is 17.9 Å². The van der Waals surface area contributed by atoms with Crippen LogP contribution in [0.15, 0.2) is 28.7 Å². The van der Waals surface area contributed by atoms with Crippen LogP contribution in [0.2, 0.25) is 0 Å². The molecule has 0 amide bonds. The van der Waals surface area contributed by atoms with Gasteiger partial charge < -0.3 is 5.73 Å². The van der Waals surface area contributed by atoms with Gasteiger partial charge in [0, 0.05) is 10.5 Å². The van der Waals surface area contributed by atoms with Crippen molar-refractivity contribution in [1.29, 1.82) is 0 Å². The van der Waals surface area contributed by atoms with Crippen LogP contribution < -0.4 is 5.73 Å². The summed E-state index contributed by atoms with van der Waals surface area (Å²) in [6, 6.07) is 9.00. The lowest BCUT2D eigenvalue weighted by atomic mass is 9.89. The number of nitrogens with two attached hydrogens (primary N) is 1. The zero-order chi connectivity index (χ0) is 10.1. The Bertz CT molecular complexity index is 324. The average molecular weight is 254 g/mol. The van der Waals surface area contributed by atoms with Crippen LogP contribution >= 0.6 is 15.9 Å². The molecule has 1 aromatic rings. The Morgan fingerprint density at radius 2 is 2.14 bits per heavy atom. The first-order valence-corrected chi connectivity index (χ1v) is 5.99. The molecule has 0 spiro atoms. The summed E-state index contributed by atoms with van der Waals surface area (Å²) in [5, 5.41) is 0. The number of rotatable bonds is 1. The standard InChI is InChI=1S/C12H16BrN/c1-8-11(5-6-12(8)14)9-3-2-4-10(13)7-9/h2-4,7-8,11-12H,5-6,14H2,1H3. The molecule has 1 aromatic carbocycles. The molecule has 1 saturated carbocycles. The highest BCUT2D eigenvalue weighted by Crippen LogP contribution is 2.39. The Kier molecular flexibility index (Phi) is 2.93. The van der Waals surface area contributed by atoms with Crippen LogP contribution in [0.1, 0.15) is 31.2 Å². The Balaban J connectivity index is 2.23. The van der Waals surface area contributed by atoms with Gasteiger partial charge in [0.1, 0.15) is 0 Å². The minimum Gasteiger partial charge on any atom is -0.327 e. The van der Waals surface area contributed by atoms with Gasteiger partial charge in [0.05, 0.1) is 0 Å². The Morgan fingerprint density at radius 3 is 2.71 bits per heavy atom. The average Bonchev–Trinajstić information content (AvgIpc) is 2.48. The molecule has 0 aromatic heterocycles. The van der Waals surface area contributed by atoms with E-state index < -0.39 is 0 Å². The van der Waals surface area contributed by atoms with Crippen molar-refractivity contribution in [1.82, 2.24) is 0 Å². The van der Waals surface area contributed by atoms with Crippen molar-refractivity contribution in [2.75, 3.05) is 0 Å². The summed E-state index contributed by atoms with van der Waals surface area (Å²) in [5.74, 6) is 1.27. The fourth-order valence-electron chi connectivity index (χ4n) is 2.40.